The van der Waals surface area contributed by atoms with Crippen molar-refractivity contribution >= 4 is 11.7 Å². The van der Waals surface area contributed by atoms with Crippen LogP contribution >= 0.6 is 0 Å². The lowest BCUT2D eigenvalue weighted by molar-refractivity contribution is 0.318. The first-order valence-corrected chi connectivity index (χ1v) is 6.26. The van der Waals surface area contributed by atoms with Crippen LogP contribution in [0.15, 0.2) is 23.6 Å². The first kappa shape index (κ1) is 12.4. The zero-order valence-electron chi connectivity index (χ0n) is 11.1. The minimum absolute atomic E-state index is 0.0551. The van der Waals surface area contributed by atoms with Crippen LogP contribution in [0.4, 0.5) is 5.82 Å². The van der Waals surface area contributed by atoms with Gasteiger partial charge in [0.15, 0.2) is 11.7 Å². The normalized spacial score (nSPS) is 15.2. The highest BCUT2D eigenvalue weighted by molar-refractivity contribution is 6.01. The number of anilines is 1. The molecule has 0 unspecified atom stereocenters. The smallest absolute Gasteiger partial charge is 0.173 e. The highest BCUT2D eigenvalue weighted by Gasteiger charge is 2.22. The van der Waals surface area contributed by atoms with Gasteiger partial charge in [0.25, 0.3) is 0 Å². The number of hydrogen-bond donors (Lipinski definition) is 2. The molecule has 0 amide bonds. The van der Waals surface area contributed by atoms with E-state index in [0.717, 1.165) is 24.6 Å². The summed E-state index contributed by atoms with van der Waals surface area (Å²) in [5.74, 6) is 1.64. The zero-order valence-corrected chi connectivity index (χ0v) is 11.1. The standard InChI is InChI=1S/C12H15N7O/c1-8-2-3-9(11(13)17-20)12(15-8)18-4-5-19-7-14-16-10(19)6-18/h2-3,7,20H,4-6H2,1H3,(H2,13,17). The van der Waals surface area contributed by atoms with Crippen molar-refractivity contribution in [3.63, 3.8) is 0 Å². The third-order valence-corrected chi connectivity index (χ3v) is 3.34. The molecule has 20 heavy (non-hydrogen) atoms. The van der Waals surface area contributed by atoms with E-state index < -0.39 is 0 Å². The van der Waals surface area contributed by atoms with Crippen LogP contribution in [0.1, 0.15) is 17.1 Å². The molecule has 3 N–H and O–H groups in total. The Balaban J connectivity index is 2.00. The number of fused-ring (bicyclic) bond motifs is 1. The van der Waals surface area contributed by atoms with Crippen LogP contribution in [0.5, 0.6) is 0 Å². The van der Waals surface area contributed by atoms with Crippen LogP contribution in [-0.2, 0) is 13.1 Å². The number of oxime groups is 1. The van der Waals surface area contributed by atoms with E-state index in [0.29, 0.717) is 17.9 Å². The maximum absolute atomic E-state index is 8.90. The Bertz CT molecular complexity index is 664. The lowest BCUT2D eigenvalue weighted by Gasteiger charge is -2.29. The van der Waals surface area contributed by atoms with E-state index in [9.17, 15) is 0 Å². The van der Waals surface area contributed by atoms with Gasteiger partial charge >= 0.3 is 0 Å². The summed E-state index contributed by atoms with van der Waals surface area (Å²) in [6.45, 7) is 4.06. The fourth-order valence-electron chi connectivity index (χ4n) is 2.28. The maximum atomic E-state index is 8.90. The monoisotopic (exact) mass is 273 g/mol. The van der Waals surface area contributed by atoms with Gasteiger partial charge in [-0.1, -0.05) is 5.16 Å². The van der Waals surface area contributed by atoms with Crippen molar-refractivity contribution in [3.8, 4) is 0 Å². The summed E-state index contributed by atoms with van der Waals surface area (Å²) in [5.41, 5.74) is 7.22. The van der Waals surface area contributed by atoms with Gasteiger partial charge in [0.2, 0.25) is 0 Å². The number of pyridine rings is 1. The predicted octanol–water partition coefficient (Wildman–Crippen LogP) is 0.0962. The van der Waals surface area contributed by atoms with E-state index in [1.54, 1.807) is 6.33 Å². The molecule has 3 rings (SSSR count). The third kappa shape index (κ3) is 2.04. The van der Waals surface area contributed by atoms with Crippen molar-refractivity contribution in [2.75, 3.05) is 11.4 Å². The summed E-state index contributed by atoms with van der Waals surface area (Å²) >= 11 is 0. The summed E-state index contributed by atoms with van der Waals surface area (Å²) < 4.78 is 2.01. The summed E-state index contributed by atoms with van der Waals surface area (Å²) in [6.07, 6.45) is 1.72. The number of nitrogens with zero attached hydrogens (tertiary/aromatic N) is 6. The SMILES string of the molecule is Cc1ccc(C(N)=NO)c(N2CCn3cnnc3C2)n1. The van der Waals surface area contributed by atoms with Crippen LogP contribution < -0.4 is 10.6 Å². The average Bonchev–Trinajstić information content (AvgIpc) is 2.93. The third-order valence-electron chi connectivity index (χ3n) is 3.34. The molecule has 0 spiro atoms. The van der Waals surface area contributed by atoms with E-state index in [1.807, 2.05) is 23.6 Å². The Morgan fingerprint density at radius 2 is 2.25 bits per heavy atom. The van der Waals surface area contributed by atoms with Crippen LogP contribution in [0, 0.1) is 6.92 Å². The molecule has 0 fully saturated rings. The van der Waals surface area contributed by atoms with Gasteiger partial charge in [-0.25, -0.2) is 4.98 Å². The number of aromatic nitrogens is 4. The molecular formula is C12H15N7O. The minimum atomic E-state index is 0.0551. The fraction of sp³-hybridized carbons (Fsp3) is 0.333. The molecule has 0 radical (unpaired) electrons. The number of amidine groups is 1. The Labute approximate surface area is 115 Å². The van der Waals surface area contributed by atoms with E-state index in [4.69, 9.17) is 10.9 Å². The van der Waals surface area contributed by atoms with Crippen LogP contribution in [0.25, 0.3) is 0 Å². The predicted molar refractivity (Wildman–Crippen MR) is 72.6 cm³/mol. The molecule has 104 valence electrons. The maximum Gasteiger partial charge on any atom is 0.173 e. The van der Waals surface area contributed by atoms with Crippen LogP contribution in [0.2, 0.25) is 0 Å². The second-order valence-electron chi connectivity index (χ2n) is 4.67. The Morgan fingerprint density at radius 1 is 1.40 bits per heavy atom. The topological polar surface area (TPSA) is 105 Å². The number of nitrogens with two attached hydrogens (primary N) is 1. The molecule has 2 aromatic heterocycles. The molecule has 0 saturated heterocycles. The lowest BCUT2D eigenvalue weighted by Crippen LogP contribution is -2.36. The number of hydrogen-bond acceptors (Lipinski definition) is 6. The largest absolute Gasteiger partial charge is 0.409 e. The average molecular weight is 273 g/mol. The van der Waals surface area contributed by atoms with Gasteiger partial charge in [-0.3, -0.25) is 0 Å². The van der Waals surface area contributed by atoms with E-state index in [-0.39, 0.29) is 5.84 Å². The van der Waals surface area contributed by atoms with E-state index in [1.165, 1.54) is 0 Å². The van der Waals surface area contributed by atoms with Gasteiger partial charge < -0.3 is 20.4 Å². The first-order valence-electron chi connectivity index (χ1n) is 6.26. The summed E-state index contributed by atoms with van der Waals surface area (Å²) in [4.78, 5) is 6.58. The summed E-state index contributed by atoms with van der Waals surface area (Å²) in [7, 11) is 0. The molecule has 0 aliphatic carbocycles. The van der Waals surface area contributed by atoms with E-state index in [2.05, 4.69) is 25.2 Å². The highest BCUT2D eigenvalue weighted by atomic mass is 16.4. The minimum Gasteiger partial charge on any atom is -0.409 e. The lowest BCUT2D eigenvalue weighted by atomic mass is 10.2. The molecular weight excluding hydrogens is 258 g/mol. The Kier molecular flexibility index (Phi) is 2.97. The fourth-order valence-corrected chi connectivity index (χ4v) is 2.28. The molecule has 0 saturated carbocycles. The van der Waals surface area contributed by atoms with Crippen molar-refractivity contribution in [1.82, 2.24) is 19.7 Å². The molecule has 1 aliphatic rings. The summed E-state index contributed by atoms with van der Waals surface area (Å²) in [5, 5.41) is 20.0. The van der Waals surface area contributed by atoms with Gasteiger partial charge in [0, 0.05) is 18.8 Å². The van der Waals surface area contributed by atoms with Crippen LogP contribution in [0.3, 0.4) is 0 Å². The number of aryl methyl sites for hydroxylation is 1. The van der Waals surface area contributed by atoms with Gasteiger partial charge in [-0.15, -0.1) is 10.2 Å². The molecule has 1 aliphatic heterocycles. The second kappa shape index (κ2) is 4.80. The molecule has 0 aromatic carbocycles. The Morgan fingerprint density at radius 3 is 3.05 bits per heavy atom. The van der Waals surface area contributed by atoms with Gasteiger partial charge in [-0.05, 0) is 19.1 Å². The second-order valence-corrected chi connectivity index (χ2v) is 4.67. The van der Waals surface area contributed by atoms with Crippen molar-refractivity contribution in [3.05, 3.63) is 35.5 Å². The Hall–Kier alpha value is -2.64. The number of rotatable bonds is 2. The van der Waals surface area contributed by atoms with Gasteiger partial charge in [0.05, 0.1) is 12.1 Å². The zero-order chi connectivity index (χ0) is 14.1. The highest BCUT2D eigenvalue weighted by Crippen LogP contribution is 2.22. The molecule has 8 heteroatoms. The van der Waals surface area contributed by atoms with Gasteiger partial charge in [0.1, 0.15) is 12.1 Å². The quantitative estimate of drug-likeness (QED) is 0.348. The van der Waals surface area contributed by atoms with Crippen molar-refractivity contribution in [1.29, 1.82) is 0 Å². The molecule has 0 bridgehead atoms. The molecule has 2 aromatic rings. The molecule has 8 nitrogen and oxygen atoms in total. The van der Waals surface area contributed by atoms with Crippen molar-refractivity contribution in [2.45, 2.75) is 20.0 Å². The first-order chi connectivity index (χ1) is 9.69. The van der Waals surface area contributed by atoms with E-state index >= 15 is 0 Å². The van der Waals surface area contributed by atoms with Crippen molar-refractivity contribution < 1.29 is 5.21 Å². The molecule has 0 atom stereocenters. The van der Waals surface area contributed by atoms with Gasteiger partial charge in [-0.2, -0.15) is 0 Å². The summed E-state index contributed by atoms with van der Waals surface area (Å²) in [6, 6.07) is 3.65. The molecule has 3 heterocycles. The van der Waals surface area contributed by atoms with Crippen molar-refractivity contribution in [2.24, 2.45) is 10.9 Å². The van der Waals surface area contributed by atoms with Crippen LogP contribution in [-0.4, -0.2) is 37.3 Å².